The Bertz CT molecular complexity index is 841. The molecule has 2 aliphatic rings. The summed E-state index contributed by atoms with van der Waals surface area (Å²) in [5.74, 6) is 0.0986. The lowest BCUT2D eigenvalue weighted by Crippen LogP contribution is -2.54. The summed E-state index contributed by atoms with van der Waals surface area (Å²) in [4.78, 5) is 16.3. The van der Waals surface area contributed by atoms with E-state index < -0.39 is 28.1 Å². The molecule has 3 rings (SSSR count). The van der Waals surface area contributed by atoms with E-state index in [9.17, 15) is 23.1 Å². The van der Waals surface area contributed by atoms with Gasteiger partial charge in [-0.3, -0.25) is 4.79 Å². The molecule has 5 nitrogen and oxygen atoms in total. The van der Waals surface area contributed by atoms with E-state index in [-0.39, 0.29) is 18.4 Å². The SMILES string of the molecule is CC(C)(C)C(=O)N1CC[C@H]2CN(c3ccc(C#N)c(C(F)(F)F)c3)C[C@@]2(CO)C1. The second-order valence-electron chi connectivity index (χ2n) is 9.20. The van der Waals surface area contributed by atoms with Crippen molar-refractivity contribution in [1.82, 2.24) is 4.90 Å². The number of aliphatic hydroxyl groups is 1. The summed E-state index contributed by atoms with van der Waals surface area (Å²) in [6.45, 7) is 7.27. The van der Waals surface area contributed by atoms with Crippen molar-refractivity contribution in [2.24, 2.45) is 16.7 Å². The number of aliphatic hydroxyl groups excluding tert-OH is 1. The lowest BCUT2D eigenvalue weighted by Gasteiger charge is -2.44. The molecule has 1 amide bonds. The maximum Gasteiger partial charge on any atom is 0.417 e. The first kappa shape index (κ1) is 21.4. The predicted molar refractivity (Wildman–Crippen MR) is 102 cm³/mol. The van der Waals surface area contributed by atoms with E-state index in [0.29, 0.717) is 38.3 Å². The van der Waals surface area contributed by atoms with Gasteiger partial charge >= 0.3 is 6.18 Å². The molecule has 2 saturated heterocycles. The molecule has 1 aromatic rings. The van der Waals surface area contributed by atoms with E-state index in [4.69, 9.17) is 5.26 Å². The van der Waals surface area contributed by atoms with Crippen LogP contribution in [0.1, 0.15) is 38.3 Å². The highest BCUT2D eigenvalue weighted by molar-refractivity contribution is 5.81. The number of nitriles is 1. The first-order valence-corrected chi connectivity index (χ1v) is 9.68. The monoisotopic (exact) mass is 409 g/mol. The summed E-state index contributed by atoms with van der Waals surface area (Å²) in [6.07, 6.45) is -3.92. The quantitative estimate of drug-likeness (QED) is 0.814. The third-order valence-corrected chi connectivity index (χ3v) is 6.10. The van der Waals surface area contributed by atoms with Crippen LogP contribution in [0.25, 0.3) is 0 Å². The number of piperidine rings is 1. The van der Waals surface area contributed by atoms with Gasteiger partial charge in [0.15, 0.2) is 0 Å². The summed E-state index contributed by atoms with van der Waals surface area (Å²) >= 11 is 0. The highest BCUT2D eigenvalue weighted by Gasteiger charge is 2.51. The van der Waals surface area contributed by atoms with Crippen molar-refractivity contribution in [3.05, 3.63) is 29.3 Å². The highest BCUT2D eigenvalue weighted by atomic mass is 19.4. The zero-order valence-electron chi connectivity index (χ0n) is 16.9. The zero-order valence-corrected chi connectivity index (χ0v) is 16.9. The Kier molecular flexibility index (Phi) is 5.33. The van der Waals surface area contributed by atoms with Crippen LogP contribution in [-0.4, -0.2) is 48.7 Å². The summed E-state index contributed by atoms with van der Waals surface area (Å²) < 4.78 is 40.0. The van der Waals surface area contributed by atoms with Gasteiger partial charge in [0.25, 0.3) is 0 Å². The molecule has 0 radical (unpaired) electrons. The van der Waals surface area contributed by atoms with Crippen LogP contribution in [0, 0.1) is 28.1 Å². The molecule has 0 aromatic heterocycles. The number of hydrogen-bond acceptors (Lipinski definition) is 4. The molecule has 1 N–H and O–H groups in total. The van der Waals surface area contributed by atoms with Crippen molar-refractivity contribution < 1.29 is 23.1 Å². The van der Waals surface area contributed by atoms with Gasteiger partial charge in [0.2, 0.25) is 5.91 Å². The molecule has 1 aromatic carbocycles. The van der Waals surface area contributed by atoms with Gasteiger partial charge in [-0.1, -0.05) is 20.8 Å². The number of hydrogen-bond donors (Lipinski definition) is 1. The minimum Gasteiger partial charge on any atom is -0.396 e. The Labute approximate surface area is 168 Å². The maximum atomic E-state index is 13.3. The van der Waals surface area contributed by atoms with Crippen molar-refractivity contribution in [3.63, 3.8) is 0 Å². The lowest BCUT2D eigenvalue weighted by atomic mass is 9.73. The van der Waals surface area contributed by atoms with Crippen LogP contribution < -0.4 is 4.90 Å². The molecule has 8 heteroatoms. The molecule has 2 heterocycles. The highest BCUT2D eigenvalue weighted by Crippen LogP contribution is 2.45. The number of carbonyl (C=O) groups is 1. The topological polar surface area (TPSA) is 67.6 Å². The van der Waals surface area contributed by atoms with Crippen LogP contribution in [0.5, 0.6) is 0 Å². The number of carbonyl (C=O) groups excluding carboxylic acids is 1. The first-order chi connectivity index (χ1) is 13.4. The largest absolute Gasteiger partial charge is 0.417 e. The smallest absolute Gasteiger partial charge is 0.396 e. The number of likely N-dealkylation sites (tertiary alicyclic amines) is 1. The van der Waals surface area contributed by atoms with Gasteiger partial charge in [0.1, 0.15) is 0 Å². The molecule has 2 fully saturated rings. The summed E-state index contributed by atoms with van der Waals surface area (Å²) in [6, 6.07) is 5.33. The van der Waals surface area contributed by atoms with Gasteiger partial charge in [0.05, 0.1) is 23.8 Å². The molecular weight excluding hydrogens is 383 g/mol. The Hall–Kier alpha value is -2.27. The third kappa shape index (κ3) is 3.93. The second-order valence-corrected chi connectivity index (χ2v) is 9.20. The molecule has 0 spiro atoms. The van der Waals surface area contributed by atoms with Gasteiger partial charge in [-0.15, -0.1) is 0 Å². The second kappa shape index (κ2) is 7.21. The minimum absolute atomic E-state index is 0.0138. The molecule has 0 saturated carbocycles. The van der Waals surface area contributed by atoms with E-state index in [2.05, 4.69) is 0 Å². The van der Waals surface area contributed by atoms with Crippen LogP contribution in [0.2, 0.25) is 0 Å². The molecule has 2 atom stereocenters. The Morgan fingerprint density at radius 2 is 2.00 bits per heavy atom. The minimum atomic E-state index is -4.61. The molecule has 2 aliphatic heterocycles. The van der Waals surface area contributed by atoms with Gasteiger partial charge in [-0.25, -0.2) is 0 Å². The van der Waals surface area contributed by atoms with E-state index in [1.54, 1.807) is 11.0 Å². The standard InChI is InChI=1S/C21H26F3N3O2/c1-19(2,3)18(29)26-7-6-15-10-27(12-20(15,11-26)13-28)16-5-4-14(9-25)17(8-16)21(22,23)24/h4-5,8,15,28H,6-7,10-13H2,1-3H3/t15-,20+/m0/s1. The summed E-state index contributed by atoms with van der Waals surface area (Å²) in [5.41, 5.74) is -2.07. The maximum absolute atomic E-state index is 13.3. The Morgan fingerprint density at radius 3 is 2.55 bits per heavy atom. The fourth-order valence-corrected chi connectivity index (χ4v) is 4.52. The third-order valence-electron chi connectivity index (χ3n) is 6.10. The number of anilines is 1. The lowest BCUT2D eigenvalue weighted by molar-refractivity contribution is -0.144. The number of fused-ring (bicyclic) bond motifs is 1. The zero-order chi connectivity index (χ0) is 21.6. The van der Waals surface area contributed by atoms with Gasteiger partial charge in [0, 0.05) is 42.7 Å². The van der Waals surface area contributed by atoms with E-state index in [1.807, 2.05) is 25.7 Å². The Morgan fingerprint density at radius 1 is 1.31 bits per heavy atom. The van der Waals surface area contributed by atoms with Gasteiger partial charge < -0.3 is 14.9 Å². The first-order valence-electron chi connectivity index (χ1n) is 9.68. The molecule has 0 unspecified atom stereocenters. The van der Waals surface area contributed by atoms with Crippen LogP contribution >= 0.6 is 0 Å². The van der Waals surface area contributed by atoms with Crippen molar-refractivity contribution in [1.29, 1.82) is 5.26 Å². The van der Waals surface area contributed by atoms with Crippen LogP contribution in [0.15, 0.2) is 18.2 Å². The van der Waals surface area contributed by atoms with Crippen LogP contribution in [-0.2, 0) is 11.0 Å². The molecule has 29 heavy (non-hydrogen) atoms. The van der Waals surface area contributed by atoms with Gasteiger partial charge in [-0.05, 0) is 30.5 Å². The fourth-order valence-electron chi connectivity index (χ4n) is 4.52. The summed E-state index contributed by atoms with van der Waals surface area (Å²) in [7, 11) is 0. The van der Waals surface area contributed by atoms with Gasteiger partial charge in [-0.2, -0.15) is 18.4 Å². The summed E-state index contributed by atoms with van der Waals surface area (Å²) in [5, 5.41) is 19.2. The number of amides is 1. The Balaban J connectivity index is 1.88. The van der Waals surface area contributed by atoms with E-state index >= 15 is 0 Å². The number of nitrogens with zero attached hydrogens (tertiary/aromatic N) is 3. The van der Waals surface area contributed by atoms with Crippen LogP contribution in [0.4, 0.5) is 18.9 Å². The van der Waals surface area contributed by atoms with Crippen molar-refractivity contribution in [3.8, 4) is 6.07 Å². The number of alkyl halides is 3. The molecule has 0 aliphatic carbocycles. The average Bonchev–Trinajstić information content (AvgIpc) is 3.04. The number of halogens is 3. The predicted octanol–water partition coefficient (Wildman–Crippen LogP) is 3.27. The average molecular weight is 409 g/mol. The number of rotatable bonds is 2. The fraction of sp³-hybridized carbons (Fsp3) is 0.619. The van der Waals surface area contributed by atoms with Crippen LogP contribution in [0.3, 0.4) is 0 Å². The molecule has 0 bridgehead atoms. The van der Waals surface area contributed by atoms with Crippen molar-refractivity contribution in [2.75, 3.05) is 37.7 Å². The number of benzene rings is 1. The molecule has 158 valence electrons. The normalized spacial score (nSPS) is 25.0. The van der Waals surface area contributed by atoms with Crippen molar-refractivity contribution >= 4 is 11.6 Å². The van der Waals surface area contributed by atoms with Crippen molar-refractivity contribution in [2.45, 2.75) is 33.4 Å². The van der Waals surface area contributed by atoms with E-state index in [1.165, 1.54) is 12.1 Å². The van der Waals surface area contributed by atoms with E-state index in [0.717, 1.165) is 6.07 Å². The molecular formula is C21H26F3N3O2.